The van der Waals surface area contributed by atoms with Crippen molar-refractivity contribution in [2.24, 2.45) is 0 Å². The second-order valence-electron chi connectivity index (χ2n) is 7.31. The molecule has 1 amide bonds. The number of nitrogens with one attached hydrogen (secondary N) is 1. The van der Waals surface area contributed by atoms with Gasteiger partial charge in [0.05, 0.1) is 17.7 Å². The van der Waals surface area contributed by atoms with Crippen molar-refractivity contribution in [3.63, 3.8) is 0 Å². The molecule has 0 bridgehead atoms. The lowest BCUT2D eigenvalue weighted by molar-refractivity contribution is 0.172. The summed E-state index contributed by atoms with van der Waals surface area (Å²) in [6.07, 6.45) is 2.82. The van der Waals surface area contributed by atoms with E-state index in [0.29, 0.717) is 28.2 Å². The molecule has 1 unspecified atom stereocenters. The normalized spacial score (nSPS) is 11.4. The van der Waals surface area contributed by atoms with Gasteiger partial charge in [0.15, 0.2) is 5.75 Å². The van der Waals surface area contributed by atoms with Crippen molar-refractivity contribution in [2.45, 2.75) is 6.04 Å². The lowest BCUT2D eigenvalue weighted by Crippen LogP contribution is -2.26. The number of pyridine rings is 2. The zero-order valence-corrected chi connectivity index (χ0v) is 17.7. The summed E-state index contributed by atoms with van der Waals surface area (Å²) in [5.74, 6) is 0.958. The monoisotopic (exact) mass is 423 g/mol. The molecule has 4 aromatic rings. The molecule has 1 N–H and O–H groups in total. The first-order valence-corrected chi connectivity index (χ1v) is 10.0. The van der Waals surface area contributed by atoms with Crippen LogP contribution in [0, 0.1) is 11.3 Å². The van der Waals surface area contributed by atoms with E-state index < -0.39 is 12.1 Å². The number of anilines is 1. The van der Waals surface area contributed by atoms with Crippen molar-refractivity contribution in [1.82, 2.24) is 14.9 Å². The Morgan fingerprint density at radius 1 is 0.969 bits per heavy atom. The van der Waals surface area contributed by atoms with Gasteiger partial charge in [0, 0.05) is 37.4 Å². The number of hydrogen-bond acceptors (Lipinski definition) is 6. The van der Waals surface area contributed by atoms with Crippen molar-refractivity contribution in [1.29, 1.82) is 5.26 Å². The van der Waals surface area contributed by atoms with Crippen LogP contribution in [0.2, 0.25) is 0 Å². The summed E-state index contributed by atoms with van der Waals surface area (Å²) in [5.41, 5.74) is 2.47. The molecule has 7 heteroatoms. The van der Waals surface area contributed by atoms with Gasteiger partial charge < -0.3 is 15.0 Å². The van der Waals surface area contributed by atoms with Gasteiger partial charge in [-0.3, -0.25) is 4.98 Å². The quantitative estimate of drug-likeness (QED) is 0.497. The number of benzene rings is 2. The van der Waals surface area contributed by atoms with E-state index in [4.69, 9.17) is 4.74 Å². The minimum absolute atomic E-state index is 0.336. The number of rotatable bonds is 5. The topological polar surface area (TPSA) is 91.1 Å². The summed E-state index contributed by atoms with van der Waals surface area (Å²) in [4.78, 5) is 22.8. The zero-order valence-electron chi connectivity index (χ0n) is 17.7. The maximum Gasteiger partial charge on any atom is 0.414 e. The first kappa shape index (κ1) is 20.8. The van der Waals surface area contributed by atoms with Crippen LogP contribution in [0.4, 0.5) is 10.6 Å². The molecule has 158 valence electrons. The number of carbonyl (C=O) groups excluding carboxylic acids is 1. The van der Waals surface area contributed by atoms with Crippen molar-refractivity contribution in [3.8, 4) is 11.8 Å². The van der Waals surface area contributed by atoms with Crippen LogP contribution >= 0.6 is 0 Å². The molecule has 0 radical (unpaired) electrons. The Morgan fingerprint density at radius 3 is 2.50 bits per heavy atom. The highest BCUT2D eigenvalue weighted by Gasteiger charge is 2.25. The number of aromatic nitrogens is 2. The summed E-state index contributed by atoms with van der Waals surface area (Å²) in [7, 11) is 3.24. The minimum Gasteiger partial charge on any atom is -0.407 e. The van der Waals surface area contributed by atoms with Gasteiger partial charge in [0.2, 0.25) is 0 Å². The second-order valence-corrected chi connectivity index (χ2v) is 7.31. The number of carbonyl (C=O) groups is 1. The number of nitriles is 1. The molecule has 2 aromatic carbocycles. The summed E-state index contributed by atoms with van der Waals surface area (Å²) in [5, 5.41) is 14.0. The minimum atomic E-state index is -0.519. The van der Waals surface area contributed by atoms with Crippen LogP contribution in [-0.4, -0.2) is 35.1 Å². The number of fused-ring (bicyclic) bond motifs is 1. The third-order valence-electron chi connectivity index (χ3n) is 4.97. The molecule has 0 saturated heterocycles. The van der Waals surface area contributed by atoms with Gasteiger partial charge in [-0.2, -0.15) is 5.26 Å². The number of amides is 1. The van der Waals surface area contributed by atoms with Gasteiger partial charge in [0.1, 0.15) is 11.3 Å². The molecule has 0 saturated carbocycles. The van der Waals surface area contributed by atoms with Crippen LogP contribution in [0.3, 0.4) is 0 Å². The van der Waals surface area contributed by atoms with Gasteiger partial charge in [-0.15, -0.1) is 0 Å². The van der Waals surface area contributed by atoms with Crippen molar-refractivity contribution in [2.75, 3.05) is 19.4 Å². The first-order valence-electron chi connectivity index (χ1n) is 10.0. The Labute approximate surface area is 185 Å². The van der Waals surface area contributed by atoms with E-state index >= 15 is 0 Å². The molecule has 0 aliphatic rings. The summed E-state index contributed by atoms with van der Waals surface area (Å²) >= 11 is 0. The standard InChI is InChI=1S/C25H21N5O2/c1-30(2)25(31)32-24-20(13-12-17-9-7-15-28-22(17)24)23(29-21-11-5-6-14-27-21)19-10-4-3-8-18(19)16-26/h3-15,23H,1-2H3,(H,27,29). The summed E-state index contributed by atoms with van der Waals surface area (Å²) < 4.78 is 5.82. The Balaban J connectivity index is 1.95. The van der Waals surface area contributed by atoms with E-state index in [1.807, 2.05) is 60.7 Å². The second kappa shape index (κ2) is 9.14. The maximum atomic E-state index is 12.5. The molecule has 7 nitrogen and oxygen atoms in total. The van der Waals surface area contributed by atoms with Crippen LogP contribution in [0.15, 0.2) is 79.1 Å². The lowest BCUT2D eigenvalue weighted by Gasteiger charge is -2.24. The Hall–Kier alpha value is -4.44. The first-order chi connectivity index (χ1) is 15.6. The van der Waals surface area contributed by atoms with Gasteiger partial charge in [0.25, 0.3) is 0 Å². The van der Waals surface area contributed by atoms with E-state index in [9.17, 15) is 10.1 Å². The fourth-order valence-electron chi connectivity index (χ4n) is 3.42. The Kier molecular flexibility index (Phi) is 5.95. The Bertz CT molecular complexity index is 1300. The van der Waals surface area contributed by atoms with Crippen LogP contribution in [0.1, 0.15) is 22.7 Å². The fraction of sp³-hybridized carbons (Fsp3) is 0.120. The molecular weight excluding hydrogens is 402 g/mol. The zero-order chi connectivity index (χ0) is 22.5. The third kappa shape index (κ3) is 4.20. The van der Waals surface area contributed by atoms with Crippen LogP contribution in [0.5, 0.6) is 5.75 Å². The molecular formula is C25H21N5O2. The average molecular weight is 423 g/mol. The molecule has 0 spiro atoms. The molecule has 1 atom stereocenters. The van der Waals surface area contributed by atoms with Gasteiger partial charge >= 0.3 is 6.09 Å². The van der Waals surface area contributed by atoms with E-state index in [1.165, 1.54) is 4.90 Å². The lowest BCUT2D eigenvalue weighted by atomic mass is 9.93. The molecule has 0 aliphatic carbocycles. The van der Waals surface area contributed by atoms with E-state index in [1.54, 1.807) is 32.6 Å². The predicted octanol–water partition coefficient (Wildman–Crippen LogP) is 4.76. The summed E-state index contributed by atoms with van der Waals surface area (Å²) in [6.45, 7) is 0. The molecule has 2 heterocycles. The van der Waals surface area contributed by atoms with Gasteiger partial charge in [-0.25, -0.2) is 9.78 Å². The average Bonchev–Trinajstić information content (AvgIpc) is 2.83. The molecule has 32 heavy (non-hydrogen) atoms. The van der Waals surface area contributed by atoms with Crippen molar-refractivity contribution in [3.05, 3.63) is 95.8 Å². The van der Waals surface area contributed by atoms with Crippen LogP contribution in [-0.2, 0) is 0 Å². The smallest absolute Gasteiger partial charge is 0.407 e. The SMILES string of the molecule is CN(C)C(=O)Oc1c(C(Nc2ccccn2)c2ccccc2C#N)ccc2cccnc12. The third-order valence-corrected chi connectivity index (χ3v) is 4.97. The van der Waals surface area contributed by atoms with Gasteiger partial charge in [-0.1, -0.05) is 42.5 Å². The highest BCUT2D eigenvalue weighted by atomic mass is 16.6. The fourth-order valence-corrected chi connectivity index (χ4v) is 3.42. The number of nitrogens with zero attached hydrogens (tertiary/aromatic N) is 4. The highest BCUT2D eigenvalue weighted by molar-refractivity contribution is 5.89. The molecule has 0 aliphatic heterocycles. The van der Waals surface area contributed by atoms with E-state index in [2.05, 4.69) is 21.4 Å². The number of ether oxygens (including phenoxy) is 1. The van der Waals surface area contributed by atoms with Crippen LogP contribution < -0.4 is 10.1 Å². The van der Waals surface area contributed by atoms with Gasteiger partial charge in [-0.05, 0) is 29.8 Å². The maximum absolute atomic E-state index is 12.5. The van der Waals surface area contributed by atoms with Crippen molar-refractivity contribution < 1.29 is 9.53 Å². The van der Waals surface area contributed by atoms with E-state index in [0.717, 1.165) is 10.9 Å². The Morgan fingerprint density at radius 2 is 1.75 bits per heavy atom. The predicted molar refractivity (Wildman–Crippen MR) is 122 cm³/mol. The van der Waals surface area contributed by atoms with E-state index in [-0.39, 0.29) is 0 Å². The molecule has 4 rings (SSSR count). The summed E-state index contributed by atoms with van der Waals surface area (Å²) in [6, 6.07) is 22.1. The number of hydrogen-bond donors (Lipinski definition) is 1. The van der Waals surface area contributed by atoms with Crippen molar-refractivity contribution >= 4 is 22.8 Å². The molecule has 2 aromatic heterocycles. The largest absolute Gasteiger partial charge is 0.414 e. The molecule has 0 fully saturated rings. The van der Waals surface area contributed by atoms with Crippen LogP contribution in [0.25, 0.3) is 10.9 Å². The highest BCUT2D eigenvalue weighted by Crippen LogP contribution is 2.38.